The fraction of sp³-hybridized carbons (Fsp3) is 0.308. The monoisotopic (exact) mass is 288 g/mol. The fourth-order valence-corrected chi connectivity index (χ4v) is 2.93. The maximum Gasteiger partial charge on any atom is 0.141 e. The van der Waals surface area contributed by atoms with Crippen LogP contribution < -0.4 is 5.32 Å². The lowest BCUT2D eigenvalue weighted by Gasteiger charge is -2.21. The molecule has 0 aromatic carbocycles. The van der Waals surface area contributed by atoms with E-state index in [0.29, 0.717) is 0 Å². The molecule has 0 aliphatic heterocycles. The van der Waals surface area contributed by atoms with Crippen molar-refractivity contribution >= 4 is 11.3 Å². The lowest BCUT2D eigenvalue weighted by molar-refractivity contribution is 0.478. The van der Waals surface area contributed by atoms with Crippen molar-refractivity contribution in [1.82, 2.24) is 30.0 Å². The van der Waals surface area contributed by atoms with Crippen LogP contribution in [0.5, 0.6) is 0 Å². The summed E-state index contributed by atoms with van der Waals surface area (Å²) in [4.78, 5) is 9.90. The Labute approximate surface area is 120 Å². The number of H-pyrrole nitrogens is 1. The molecule has 2 N–H and O–H groups in total. The molecular formula is C13H16N6S. The molecule has 0 aliphatic rings. The van der Waals surface area contributed by atoms with Crippen LogP contribution in [0.15, 0.2) is 36.2 Å². The van der Waals surface area contributed by atoms with E-state index in [1.807, 2.05) is 24.0 Å². The van der Waals surface area contributed by atoms with Crippen LogP contribution in [0.3, 0.4) is 0 Å². The van der Waals surface area contributed by atoms with E-state index in [1.165, 1.54) is 11.2 Å². The zero-order valence-corrected chi connectivity index (χ0v) is 12.1. The van der Waals surface area contributed by atoms with Gasteiger partial charge in [-0.05, 0) is 18.4 Å². The first kappa shape index (κ1) is 13.0. The molecule has 6 nitrogen and oxygen atoms in total. The average molecular weight is 288 g/mol. The maximum atomic E-state index is 4.47. The van der Waals surface area contributed by atoms with Crippen molar-refractivity contribution < 1.29 is 0 Å². The van der Waals surface area contributed by atoms with Gasteiger partial charge in [-0.2, -0.15) is 5.10 Å². The number of hydrogen-bond donors (Lipinski definition) is 2. The summed E-state index contributed by atoms with van der Waals surface area (Å²) < 4.78 is 2.03. The van der Waals surface area contributed by atoms with Crippen LogP contribution in [0.2, 0.25) is 0 Å². The summed E-state index contributed by atoms with van der Waals surface area (Å²) in [6.45, 7) is 2.06. The Balaban J connectivity index is 1.89. The second kappa shape index (κ2) is 5.56. The van der Waals surface area contributed by atoms with Gasteiger partial charge >= 0.3 is 0 Å². The molecule has 0 saturated heterocycles. The molecule has 0 bridgehead atoms. The highest BCUT2D eigenvalue weighted by atomic mass is 32.1. The Morgan fingerprint density at radius 2 is 2.30 bits per heavy atom. The zero-order valence-electron chi connectivity index (χ0n) is 11.3. The van der Waals surface area contributed by atoms with E-state index < -0.39 is 0 Å². The summed E-state index contributed by atoms with van der Waals surface area (Å²) in [5.41, 5.74) is 0. The summed E-state index contributed by atoms with van der Waals surface area (Å²) in [7, 11) is 2.00. The molecule has 7 heteroatoms. The first-order chi connectivity index (χ1) is 9.75. The molecule has 0 saturated carbocycles. The van der Waals surface area contributed by atoms with Gasteiger partial charge in [0.1, 0.15) is 24.0 Å². The third-order valence-corrected chi connectivity index (χ3v) is 4.14. The molecule has 0 radical (unpaired) electrons. The minimum absolute atomic E-state index is 0.0371. The lowest BCUT2D eigenvalue weighted by atomic mass is 10.2. The second-order valence-corrected chi connectivity index (χ2v) is 5.58. The number of aromatic amines is 1. The predicted octanol–water partition coefficient (Wildman–Crippen LogP) is 2.04. The number of imidazole rings is 1. The van der Waals surface area contributed by atoms with Crippen molar-refractivity contribution in [1.29, 1.82) is 0 Å². The maximum absolute atomic E-state index is 4.47. The number of thiophene rings is 1. The van der Waals surface area contributed by atoms with E-state index in [9.17, 15) is 0 Å². The minimum Gasteiger partial charge on any atom is -0.336 e. The molecule has 3 rings (SSSR count). The molecule has 104 valence electrons. The summed E-state index contributed by atoms with van der Waals surface area (Å²) in [6.07, 6.45) is 5.29. The van der Waals surface area contributed by atoms with E-state index in [1.54, 1.807) is 11.3 Å². The Morgan fingerprint density at radius 1 is 1.40 bits per heavy atom. The Hall–Kier alpha value is -1.99. The molecule has 20 heavy (non-hydrogen) atoms. The smallest absolute Gasteiger partial charge is 0.141 e. The van der Waals surface area contributed by atoms with E-state index in [-0.39, 0.29) is 12.1 Å². The molecule has 3 aromatic rings. The van der Waals surface area contributed by atoms with Crippen LogP contribution in [0.25, 0.3) is 0 Å². The quantitative estimate of drug-likeness (QED) is 0.753. The van der Waals surface area contributed by atoms with Gasteiger partial charge in [0.05, 0.1) is 6.04 Å². The van der Waals surface area contributed by atoms with E-state index in [0.717, 1.165) is 11.6 Å². The van der Waals surface area contributed by atoms with Gasteiger partial charge in [-0.3, -0.25) is 10.4 Å². The molecule has 0 fully saturated rings. The lowest BCUT2D eigenvalue weighted by Crippen LogP contribution is -2.27. The number of aromatic nitrogens is 5. The zero-order chi connectivity index (χ0) is 13.9. The number of hydrogen-bond acceptors (Lipinski definition) is 5. The van der Waals surface area contributed by atoms with Gasteiger partial charge in [0.15, 0.2) is 0 Å². The summed E-state index contributed by atoms with van der Waals surface area (Å²) in [5.74, 6) is 1.81. The topological polar surface area (TPSA) is 71.4 Å². The van der Waals surface area contributed by atoms with Gasteiger partial charge in [0, 0.05) is 24.3 Å². The molecule has 3 heterocycles. The van der Waals surface area contributed by atoms with E-state index in [4.69, 9.17) is 0 Å². The highest BCUT2D eigenvalue weighted by molar-refractivity contribution is 7.10. The van der Waals surface area contributed by atoms with Crippen molar-refractivity contribution in [2.75, 3.05) is 0 Å². The first-order valence-electron chi connectivity index (χ1n) is 6.37. The predicted molar refractivity (Wildman–Crippen MR) is 77.3 cm³/mol. The minimum atomic E-state index is 0.0371. The summed E-state index contributed by atoms with van der Waals surface area (Å²) >= 11 is 1.72. The van der Waals surface area contributed by atoms with Crippen molar-refractivity contribution in [3.05, 3.63) is 52.8 Å². The van der Waals surface area contributed by atoms with Crippen LogP contribution in [-0.4, -0.2) is 24.7 Å². The molecule has 2 atom stereocenters. The Kier molecular flexibility index (Phi) is 3.62. The van der Waals surface area contributed by atoms with Gasteiger partial charge in [-0.15, -0.1) is 11.3 Å². The van der Waals surface area contributed by atoms with Crippen molar-refractivity contribution in [2.45, 2.75) is 19.0 Å². The van der Waals surface area contributed by atoms with Crippen LogP contribution in [-0.2, 0) is 7.05 Å². The average Bonchev–Trinajstić information content (AvgIpc) is 3.18. The third kappa shape index (κ3) is 2.50. The largest absolute Gasteiger partial charge is 0.336 e. The van der Waals surface area contributed by atoms with Crippen LogP contribution in [0.1, 0.15) is 35.5 Å². The second-order valence-electron chi connectivity index (χ2n) is 4.60. The first-order valence-corrected chi connectivity index (χ1v) is 7.25. The fourth-order valence-electron chi connectivity index (χ4n) is 2.15. The van der Waals surface area contributed by atoms with Gasteiger partial charge in [-0.1, -0.05) is 6.07 Å². The number of rotatable bonds is 5. The van der Waals surface area contributed by atoms with Crippen LogP contribution in [0.4, 0.5) is 0 Å². The van der Waals surface area contributed by atoms with Gasteiger partial charge < -0.3 is 4.57 Å². The Bertz CT molecular complexity index is 642. The highest BCUT2D eigenvalue weighted by Crippen LogP contribution is 2.27. The van der Waals surface area contributed by atoms with Crippen molar-refractivity contribution in [2.24, 2.45) is 7.05 Å². The van der Waals surface area contributed by atoms with Gasteiger partial charge in [0.2, 0.25) is 0 Å². The number of aryl methyl sites for hydroxylation is 1. The van der Waals surface area contributed by atoms with E-state index in [2.05, 4.69) is 49.9 Å². The number of nitrogens with zero attached hydrogens (tertiary/aromatic N) is 4. The number of nitrogens with one attached hydrogen (secondary N) is 2. The normalized spacial score (nSPS) is 14.3. The molecule has 0 amide bonds. The van der Waals surface area contributed by atoms with E-state index >= 15 is 0 Å². The van der Waals surface area contributed by atoms with Gasteiger partial charge in [-0.25, -0.2) is 9.97 Å². The van der Waals surface area contributed by atoms with Crippen LogP contribution in [0, 0.1) is 0 Å². The molecular weight excluding hydrogens is 272 g/mol. The third-order valence-electron chi connectivity index (χ3n) is 3.20. The highest BCUT2D eigenvalue weighted by Gasteiger charge is 2.22. The molecule has 3 aromatic heterocycles. The van der Waals surface area contributed by atoms with Crippen LogP contribution >= 0.6 is 11.3 Å². The summed E-state index contributed by atoms with van der Waals surface area (Å²) in [5, 5.41) is 12.4. The molecule has 0 spiro atoms. The standard InChI is InChI=1S/C13H16N6S/c1-9(12-15-8-16-18-12)17-11(10-4-3-7-20-10)13-14-5-6-19(13)2/h3-9,11,17H,1-2H3,(H,15,16,18). The van der Waals surface area contributed by atoms with Crippen molar-refractivity contribution in [3.8, 4) is 0 Å². The van der Waals surface area contributed by atoms with Gasteiger partial charge in [0.25, 0.3) is 0 Å². The summed E-state index contributed by atoms with van der Waals surface area (Å²) in [6, 6.07) is 4.26. The molecule has 2 unspecified atom stereocenters. The van der Waals surface area contributed by atoms with Crippen molar-refractivity contribution in [3.63, 3.8) is 0 Å². The Morgan fingerprint density at radius 3 is 2.90 bits per heavy atom. The SMILES string of the molecule is CC(NC(c1cccs1)c1nccn1C)c1ncn[nH]1. The molecule has 0 aliphatic carbocycles.